The molecule has 0 aliphatic carbocycles. The summed E-state index contributed by atoms with van der Waals surface area (Å²) in [4.78, 5) is 11.6. The Labute approximate surface area is 82.9 Å². The lowest BCUT2D eigenvalue weighted by molar-refractivity contribution is -0.129. The first kappa shape index (κ1) is 12.7. The van der Waals surface area contributed by atoms with Gasteiger partial charge in [-0.05, 0) is 24.7 Å². The molecular weight excluding hydrogens is 160 g/mol. The summed E-state index contributed by atoms with van der Waals surface area (Å²) in [6, 6.07) is 0. The lowest BCUT2D eigenvalue weighted by Crippen LogP contribution is -2.35. The van der Waals surface area contributed by atoms with Crippen molar-refractivity contribution in [3.05, 3.63) is 0 Å². The van der Waals surface area contributed by atoms with Crippen molar-refractivity contribution in [1.82, 2.24) is 0 Å². The first-order chi connectivity index (χ1) is 5.59. The summed E-state index contributed by atoms with van der Waals surface area (Å²) in [5, 5.41) is 0. The molecule has 0 N–H and O–H groups in total. The molecule has 0 spiro atoms. The van der Waals surface area contributed by atoms with Crippen LogP contribution >= 0.6 is 0 Å². The number of Topliss-reactive ketones (excluding diaryl/α,β-unsaturated/α-hetero) is 1. The Morgan fingerprint density at radius 3 is 1.62 bits per heavy atom. The number of hydrogen-bond acceptors (Lipinski definition) is 1. The van der Waals surface area contributed by atoms with E-state index >= 15 is 0 Å². The highest BCUT2D eigenvalue weighted by Crippen LogP contribution is 2.39. The summed E-state index contributed by atoms with van der Waals surface area (Å²) in [6.07, 6.45) is 0.965. The minimum atomic E-state index is -0.155. The third-order valence-electron chi connectivity index (χ3n) is 2.98. The molecule has 13 heavy (non-hydrogen) atoms. The van der Waals surface area contributed by atoms with Gasteiger partial charge in [-0.2, -0.15) is 0 Å². The van der Waals surface area contributed by atoms with Gasteiger partial charge in [0.1, 0.15) is 5.78 Å². The molecule has 0 bridgehead atoms. The minimum absolute atomic E-state index is 0.155. The Hall–Kier alpha value is -0.330. The lowest BCUT2D eigenvalue weighted by atomic mass is 9.67. The van der Waals surface area contributed by atoms with Crippen LogP contribution in [-0.4, -0.2) is 5.78 Å². The van der Waals surface area contributed by atoms with Gasteiger partial charge in [0.15, 0.2) is 0 Å². The van der Waals surface area contributed by atoms with Gasteiger partial charge < -0.3 is 0 Å². The average molecular weight is 184 g/mol. The molecule has 0 aliphatic rings. The molecule has 1 unspecified atom stereocenters. The molecule has 0 rings (SSSR count). The quantitative estimate of drug-likeness (QED) is 0.654. The Kier molecular flexibility index (Phi) is 3.71. The smallest absolute Gasteiger partial charge is 0.135 e. The summed E-state index contributed by atoms with van der Waals surface area (Å²) < 4.78 is 0. The molecule has 0 fully saturated rings. The number of ketones is 1. The molecule has 1 atom stereocenters. The zero-order valence-electron chi connectivity index (χ0n) is 10.2. The standard InChI is InChI=1S/C12H24O/c1-9(2)12(7,10(3)13)8-11(4,5)6/h9H,8H2,1-7H3. The highest BCUT2D eigenvalue weighted by atomic mass is 16.1. The van der Waals surface area contributed by atoms with Gasteiger partial charge >= 0.3 is 0 Å². The molecule has 1 nitrogen and oxygen atoms in total. The van der Waals surface area contributed by atoms with Crippen molar-refractivity contribution < 1.29 is 4.79 Å². The Morgan fingerprint density at radius 2 is 1.54 bits per heavy atom. The van der Waals surface area contributed by atoms with Gasteiger partial charge in [0.25, 0.3) is 0 Å². The van der Waals surface area contributed by atoms with Crippen molar-refractivity contribution >= 4 is 5.78 Å². The normalized spacial score (nSPS) is 17.2. The summed E-state index contributed by atoms with van der Waals surface area (Å²) in [6.45, 7) is 14.6. The van der Waals surface area contributed by atoms with Gasteiger partial charge in [-0.25, -0.2) is 0 Å². The Bertz CT molecular complexity index is 186. The second-order valence-electron chi connectivity index (χ2n) is 5.87. The molecular formula is C12H24O. The van der Waals surface area contributed by atoms with Crippen LogP contribution in [0.1, 0.15) is 54.9 Å². The van der Waals surface area contributed by atoms with Crippen LogP contribution in [0.15, 0.2) is 0 Å². The largest absolute Gasteiger partial charge is 0.299 e. The van der Waals surface area contributed by atoms with Crippen molar-refractivity contribution in [2.24, 2.45) is 16.7 Å². The molecule has 0 amide bonds. The van der Waals surface area contributed by atoms with E-state index in [1.807, 2.05) is 0 Å². The molecule has 0 aromatic heterocycles. The minimum Gasteiger partial charge on any atom is -0.299 e. The third kappa shape index (κ3) is 3.50. The monoisotopic (exact) mass is 184 g/mol. The molecule has 0 aromatic carbocycles. The average Bonchev–Trinajstić information content (AvgIpc) is 1.82. The van der Waals surface area contributed by atoms with E-state index in [2.05, 4.69) is 41.5 Å². The zero-order chi connectivity index (χ0) is 10.9. The van der Waals surface area contributed by atoms with E-state index < -0.39 is 0 Å². The van der Waals surface area contributed by atoms with E-state index in [9.17, 15) is 4.79 Å². The molecule has 0 saturated heterocycles. The first-order valence-corrected chi connectivity index (χ1v) is 5.10. The van der Waals surface area contributed by atoms with Gasteiger partial charge in [-0.1, -0.05) is 41.5 Å². The fraction of sp³-hybridized carbons (Fsp3) is 0.917. The maximum absolute atomic E-state index is 11.6. The highest BCUT2D eigenvalue weighted by molar-refractivity contribution is 5.82. The van der Waals surface area contributed by atoms with Gasteiger partial charge in [-0.15, -0.1) is 0 Å². The van der Waals surface area contributed by atoms with E-state index in [0.717, 1.165) is 6.42 Å². The summed E-state index contributed by atoms with van der Waals surface area (Å²) >= 11 is 0. The van der Waals surface area contributed by atoms with Crippen LogP contribution < -0.4 is 0 Å². The number of hydrogen-bond donors (Lipinski definition) is 0. The maximum Gasteiger partial charge on any atom is 0.135 e. The van der Waals surface area contributed by atoms with Crippen LogP contribution in [0.2, 0.25) is 0 Å². The third-order valence-corrected chi connectivity index (χ3v) is 2.98. The summed E-state index contributed by atoms with van der Waals surface area (Å²) in [5.74, 6) is 0.738. The Balaban J connectivity index is 4.73. The second-order valence-corrected chi connectivity index (χ2v) is 5.87. The first-order valence-electron chi connectivity index (χ1n) is 5.10. The van der Waals surface area contributed by atoms with E-state index in [0.29, 0.717) is 11.7 Å². The van der Waals surface area contributed by atoms with Crippen LogP contribution in [0.3, 0.4) is 0 Å². The maximum atomic E-state index is 11.6. The second kappa shape index (κ2) is 3.81. The van der Waals surface area contributed by atoms with E-state index in [1.54, 1.807) is 6.92 Å². The van der Waals surface area contributed by atoms with Gasteiger partial charge in [0.05, 0.1) is 0 Å². The fourth-order valence-electron chi connectivity index (χ4n) is 1.84. The van der Waals surface area contributed by atoms with Crippen LogP contribution in [0.25, 0.3) is 0 Å². The van der Waals surface area contributed by atoms with Gasteiger partial charge in [-0.3, -0.25) is 4.79 Å². The van der Waals surface area contributed by atoms with E-state index in [1.165, 1.54) is 0 Å². The van der Waals surface area contributed by atoms with Crippen molar-refractivity contribution in [3.63, 3.8) is 0 Å². The van der Waals surface area contributed by atoms with Crippen LogP contribution in [0.4, 0.5) is 0 Å². The zero-order valence-corrected chi connectivity index (χ0v) is 10.2. The van der Waals surface area contributed by atoms with Crippen LogP contribution in [0, 0.1) is 16.7 Å². The molecule has 0 aromatic rings. The molecule has 0 saturated carbocycles. The van der Waals surface area contributed by atoms with Crippen LogP contribution in [0.5, 0.6) is 0 Å². The Morgan fingerprint density at radius 1 is 1.15 bits per heavy atom. The van der Waals surface area contributed by atoms with E-state index in [4.69, 9.17) is 0 Å². The number of rotatable bonds is 3. The van der Waals surface area contributed by atoms with Crippen LogP contribution in [-0.2, 0) is 4.79 Å². The molecule has 0 heterocycles. The lowest BCUT2D eigenvalue weighted by Gasteiger charge is -2.37. The SMILES string of the molecule is CC(=O)C(C)(CC(C)(C)C)C(C)C. The molecule has 1 heteroatoms. The predicted octanol–water partition coefficient (Wildman–Crippen LogP) is 3.67. The summed E-state index contributed by atoms with van der Waals surface area (Å²) in [5.41, 5.74) is 0.0724. The van der Waals surface area contributed by atoms with Gasteiger partial charge in [0, 0.05) is 5.41 Å². The van der Waals surface area contributed by atoms with Gasteiger partial charge in [0.2, 0.25) is 0 Å². The molecule has 78 valence electrons. The van der Waals surface area contributed by atoms with E-state index in [-0.39, 0.29) is 10.8 Å². The van der Waals surface area contributed by atoms with Crippen molar-refractivity contribution in [2.75, 3.05) is 0 Å². The van der Waals surface area contributed by atoms with Crippen molar-refractivity contribution in [3.8, 4) is 0 Å². The number of carbonyl (C=O) groups is 1. The fourth-order valence-corrected chi connectivity index (χ4v) is 1.84. The topological polar surface area (TPSA) is 17.1 Å². The number of carbonyl (C=O) groups excluding carboxylic acids is 1. The summed E-state index contributed by atoms with van der Waals surface area (Å²) in [7, 11) is 0. The van der Waals surface area contributed by atoms with Crippen molar-refractivity contribution in [1.29, 1.82) is 0 Å². The predicted molar refractivity (Wildman–Crippen MR) is 57.7 cm³/mol. The molecule has 0 radical (unpaired) electrons. The molecule has 0 aliphatic heterocycles. The highest BCUT2D eigenvalue weighted by Gasteiger charge is 2.36. The van der Waals surface area contributed by atoms with Crippen molar-refractivity contribution in [2.45, 2.75) is 54.9 Å².